The van der Waals surface area contributed by atoms with Crippen molar-refractivity contribution in [2.75, 3.05) is 6.61 Å². The summed E-state index contributed by atoms with van der Waals surface area (Å²) in [6, 6.07) is 18.2. The molecule has 49 heavy (non-hydrogen) atoms. The number of benzene rings is 2. The molecule has 4 fully saturated rings. The van der Waals surface area contributed by atoms with Crippen LogP contribution in [0.4, 0.5) is 0 Å². The summed E-state index contributed by atoms with van der Waals surface area (Å²) in [6.07, 6.45) is 13.0. The third-order valence-electron chi connectivity index (χ3n) is 15.2. The van der Waals surface area contributed by atoms with Gasteiger partial charge >= 0.3 is 5.97 Å². The number of carbonyl (C=O) groups is 2. The molecule has 0 radical (unpaired) electrons. The quantitative estimate of drug-likeness (QED) is 0.189. The molecule has 4 nitrogen and oxygen atoms in total. The number of carbonyl (C=O) groups excluding carboxylic acids is 2. The topological polar surface area (TPSA) is 63.6 Å². The fraction of sp³-hybridized carbons (Fsp3) is 0.591. The number of Topliss-reactive ketones (excluding diaryl/α,β-unsaturated/α-hetero) is 1. The van der Waals surface area contributed by atoms with E-state index >= 15 is 0 Å². The van der Waals surface area contributed by atoms with Crippen LogP contribution in [0.3, 0.4) is 0 Å². The van der Waals surface area contributed by atoms with Crippen molar-refractivity contribution in [1.29, 1.82) is 0 Å². The largest absolute Gasteiger partial charge is 0.460 e. The van der Waals surface area contributed by atoms with Crippen molar-refractivity contribution in [1.82, 2.24) is 0 Å². The van der Waals surface area contributed by atoms with Gasteiger partial charge in [-0.3, -0.25) is 9.59 Å². The number of fused-ring (bicyclic) bond motifs is 7. The van der Waals surface area contributed by atoms with Crippen molar-refractivity contribution in [3.8, 4) is 0 Å². The molecule has 5 aliphatic carbocycles. The maximum absolute atomic E-state index is 14.3. The van der Waals surface area contributed by atoms with Crippen LogP contribution in [0.2, 0.25) is 0 Å². The molecule has 5 heteroatoms. The highest BCUT2D eigenvalue weighted by atomic mass is 79.9. The van der Waals surface area contributed by atoms with E-state index in [4.69, 9.17) is 4.74 Å². The van der Waals surface area contributed by atoms with E-state index in [1.165, 1.54) is 5.57 Å². The number of halogens is 1. The zero-order chi connectivity index (χ0) is 35.0. The van der Waals surface area contributed by atoms with E-state index in [-0.39, 0.29) is 51.9 Å². The van der Waals surface area contributed by atoms with Gasteiger partial charge in [0.25, 0.3) is 0 Å². The van der Waals surface area contributed by atoms with Gasteiger partial charge in [-0.05, 0) is 133 Å². The molecule has 4 saturated carbocycles. The van der Waals surface area contributed by atoms with E-state index in [0.29, 0.717) is 12.5 Å². The summed E-state index contributed by atoms with van der Waals surface area (Å²) in [5.74, 6) is 0.728. The molecular formula is C44H55BrO4. The highest BCUT2D eigenvalue weighted by Gasteiger charge is 2.70. The number of esters is 1. The van der Waals surface area contributed by atoms with Gasteiger partial charge in [0.05, 0.1) is 17.4 Å². The third-order valence-corrected chi connectivity index (χ3v) is 16.0. The number of aliphatic hydroxyl groups excluding tert-OH is 1. The zero-order valence-corrected chi connectivity index (χ0v) is 32.0. The van der Waals surface area contributed by atoms with Crippen molar-refractivity contribution in [2.24, 2.45) is 50.2 Å². The highest BCUT2D eigenvalue weighted by molar-refractivity contribution is 9.10. The molecule has 0 spiro atoms. The Morgan fingerprint density at radius 1 is 0.918 bits per heavy atom. The molecule has 8 atom stereocenters. The van der Waals surface area contributed by atoms with Gasteiger partial charge in [0, 0.05) is 4.47 Å². The van der Waals surface area contributed by atoms with Gasteiger partial charge in [0.2, 0.25) is 0 Å². The summed E-state index contributed by atoms with van der Waals surface area (Å²) in [5.41, 5.74) is 3.02. The van der Waals surface area contributed by atoms with Crippen molar-refractivity contribution in [3.63, 3.8) is 0 Å². The van der Waals surface area contributed by atoms with Gasteiger partial charge in [-0.15, -0.1) is 0 Å². The van der Waals surface area contributed by atoms with Gasteiger partial charge in [-0.2, -0.15) is 0 Å². The molecule has 0 aliphatic heterocycles. The van der Waals surface area contributed by atoms with Crippen molar-refractivity contribution in [2.45, 2.75) is 106 Å². The average Bonchev–Trinajstić information content (AvgIpc) is 3.07. The first-order chi connectivity index (χ1) is 23.1. The zero-order valence-electron chi connectivity index (χ0n) is 30.4. The lowest BCUT2D eigenvalue weighted by atomic mass is 9.33. The van der Waals surface area contributed by atoms with E-state index in [2.05, 4.69) is 68.8 Å². The molecule has 1 N–H and O–H groups in total. The maximum atomic E-state index is 14.3. The predicted molar refractivity (Wildman–Crippen MR) is 199 cm³/mol. The number of hydrogen-bond acceptors (Lipinski definition) is 4. The Labute approximate surface area is 302 Å². The molecule has 2 aromatic rings. The van der Waals surface area contributed by atoms with Crippen LogP contribution < -0.4 is 0 Å². The van der Waals surface area contributed by atoms with E-state index in [9.17, 15) is 14.7 Å². The Morgan fingerprint density at radius 3 is 2.33 bits per heavy atom. The lowest BCUT2D eigenvalue weighted by Gasteiger charge is -2.70. The molecule has 262 valence electrons. The molecule has 7 rings (SSSR count). The first kappa shape index (κ1) is 34.9. The molecule has 5 aliphatic rings. The van der Waals surface area contributed by atoms with Gasteiger partial charge in [-0.25, -0.2) is 0 Å². The Balaban J connectivity index is 1.28. The standard InChI is InChI=1S/C44H55BrO4/c1-39(2)20-22-44(38(48)49-27-29-12-8-7-9-13-29)23-21-42(5)32(33(44)26-39)16-17-36-40(3)25-31(24-30-14-10-11-15-34(30)45)37(47)41(4,28-46)35(40)18-19-43(36,42)6/h7-16,24,33,35-36,46H,17-23,25-28H2,1-6H3/b31-24-/t33-,35+,36+,40-,41-,42+,43+,44-/m0/s1. The summed E-state index contributed by atoms with van der Waals surface area (Å²) in [7, 11) is 0. The first-order valence-electron chi connectivity index (χ1n) is 18.7. The summed E-state index contributed by atoms with van der Waals surface area (Å²) in [6.45, 7) is 14.5. The number of ether oxygens (including phenoxy) is 1. The Kier molecular flexibility index (Phi) is 8.58. The van der Waals surface area contributed by atoms with E-state index < -0.39 is 10.8 Å². The number of rotatable bonds is 5. The van der Waals surface area contributed by atoms with Crippen LogP contribution in [-0.4, -0.2) is 23.5 Å². The minimum atomic E-state index is -0.816. The van der Waals surface area contributed by atoms with Crippen LogP contribution in [-0.2, 0) is 20.9 Å². The maximum Gasteiger partial charge on any atom is 0.313 e. The lowest BCUT2D eigenvalue weighted by molar-refractivity contribution is -0.191. The Bertz CT molecular complexity index is 1710. The second kappa shape index (κ2) is 12.0. The van der Waals surface area contributed by atoms with Crippen LogP contribution in [0.25, 0.3) is 6.08 Å². The molecule has 0 unspecified atom stereocenters. The minimum Gasteiger partial charge on any atom is -0.460 e. The number of allylic oxidation sites excluding steroid dienone is 3. The monoisotopic (exact) mass is 726 g/mol. The highest BCUT2D eigenvalue weighted by Crippen LogP contribution is 2.76. The molecule has 0 saturated heterocycles. The van der Waals surface area contributed by atoms with Gasteiger partial charge in [-0.1, -0.05) is 111 Å². The lowest BCUT2D eigenvalue weighted by Crippen LogP contribution is -2.65. The number of hydrogen-bond donors (Lipinski definition) is 1. The molecule has 0 heterocycles. The smallest absolute Gasteiger partial charge is 0.313 e. The van der Waals surface area contributed by atoms with Crippen LogP contribution in [0.5, 0.6) is 0 Å². The fourth-order valence-electron chi connectivity index (χ4n) is 12.2. The first-order valence-corrected chi connectivity index (χ1v) is 19.5. The molecule has 0 bridgehead atoms. The second-order valence-electron chi connectivity index (χ2n) is 18.2. The Morgan fingerprint density at radius 2 is 1.61 bits per heavy atom. The summed E-state index contributed by atoms with van der Waals surface area (Å²) >= 11 is 3.71. The molecule has 2 aromatic carbocycles. The summed E-state index contributed by atoms with van der Waals surface area (Å²) in [5, 5.41) is 11.0. The minimum absolute atomic E-state index is 0.000774. The van der Waals surface area contributed by atoms with E-state index in [1.54, 1.807) is 0 Å². The van der Waals surface area contributed by atoms with Crippen LogP contribution in [0.15, 0.2) is 76.3 Å². The van der Waals surface area contributed by atoms with Crippen LogP contribution >= 0.6 is 15.9 Å². The summed E-state index contributed by atoms with van der Waals surface area (Å²) < 4.78 is 7.18. The van der Waals surface area contributed by atoms with Gasteiger partial charge < -0.3 is 9.84 Å². The van der Waals surface area contributed by atoms with Gasteiger partial charge in [0.15, 0.2) is 5.78 Å². The molecule has 0 amide bonds. The molecular weight excluding hydrogens is 672 g/mol. The third kappa shape index (κ3) is 5.21. The normalized spacial score (nSPS) is 40.3. The van der Waals surface area contributed by atoms with E-state index in [1.807, 2.05) is 55.5 Å². The van der Waals surface area contributed by atoms with Crippen LogP contribution in [0, 0.1) is 50.2 Å². The second-order valence-corrected chi connectivity index (χ2v) is 19.1. The average molecular weight is 728 g/mol. The van der Waals surface area contributed by atoms with Crippen molar-refractivity contribution >= 4 is 33.8 Å². The van der Waals surface area contributed by atoms with Crippen LogP contribution in [0.1, 0.15) is 110 Å². The van der Waals surface area contributed by atoms with Gasteiger partial charge in [0.1, 0.15) is 6.61 Å². The SMILES string of the molecule is CC1(C)CC[C@]2(C(=O)OCc3ccccc3)CC[C@]3(C)C(=CC[C@@H]4[C@@]5(C)C/C(=C/c6ccccc6Br)C(=O)[C@@](C)(CO)[C@@H]5CC[C@]43C)[C@@H]2C1. The predicted octanol–water partition coefficient (Wildman–Crippen LogP) is 10.5. The fourth-order valence-corrected chi connectivity index (χ4v) is 12.6. The molecule has 0 aromatic heterocycles. The van der Waals surface area contributed by atoms with Crippen molar-refractivity contribution < 1.29 is 19.4 Å². The van der Waals surface area contributed by atoms with E-state index in [0.717, 1.165) is 79.0 Å². The number of aliphatic hydroxyl groups is 1. The van der Waals surface area contributed by atoms with Crippen molar-refractivity contribution in [3.05, 3.63) is 87.4 Å². The Hall–Kier alpha value is -2.50. The number of ketones is 1. The summed E-state index contributed by atoms with van der Waals surface area (Å²) in [4.78, 5) is 28.6.